The Labute approximate surface area is 102 Å². The first-order valence-electron chi connectivity index (χ1n) is 5.47. The minimum absolute atomic E-state index is 0.124. The average molecular weight is 230 g/mol. The second-order valence-electron chi connectivity index (χ2n) is 5.01. The number of carbonyl (C=O) groups is 1. The zero-order valence-corrected chi connectivity index (χ0v) is 10.6. The highest BCUT2D eigenvalue weighted by molar-refractivity contribution is 6.15. The van der Waals surface area contributed by atoms with E-state index in [1.807, 2.05) is 32.9 Å². The standard InChI is InChI=1S/C15H18O2/c1-6-11-8-7-9-12(10(2)14(16)17)13(11)15(3,4)5/h6-9H,1-2H2,3-5H3,(H,16,17). The van der Waals surface area contributed by atoms with Gasteiger partial charge in [0.1, 0.15) is 0 Å². The first kappa shape index (κ1) is 13.2. The van der Waals surface area contributed by atoms with Crippen molar-refractivity contribution in [2.45, 2.75) is 26.2 Å². The molecule has 17 heavy (non-hydrogen) atoms. The van der Waals surface area contributed by atoms with Gasteiger partial charge >= 0.3 is 5.97 Å². The van der Waals surface area contributed by atoms with E-state index in [1.165, 1.54) is 0 Å². The van der Waals surface area contributed by atoms with Gasteiger partial charge in [-0.3, -0.25) is 0 Å². The monoisotopic (exact) mass is 230 g/mol. The third-order valence-electron chi connectivity index (χ3n) is 2.65. The zero-order valence-electron chi connectivity index (χ0n) is 10.6. The van der Waals surface area contributed by atoms with Crippen molar-refractivity contribution in [2.75, 3.05) is 0 Å². The van der Waals surface area contributed by atoms with Crippen molar-refractivity contribution in [2.24, 2.45) is 0 Å². The molecule has 0 amide bonds. The van der Waals surface area contributed by atoms with Gasteiger partial charge in [-0.05, 0) is 22.1 Å². The van der Waals surface area contributed by atoms with Gasteiger partial charge in [0.2, 0.25) is 0 Å². The highest BCUT2D eigenvalue weighted by Gasteiger charge is 2.23. The van der Waals surface area contributed by atoms with E-state index in [0.717, 1.165) is 11.1 Å². The summed E-state index contributed by atoms with van der Waals surface area (Å²) in [6, 6.07) is 5.56. The highest BCUT2D eigenvalue weighted by Crippen LogP contribution is 2.33. The third kappa shape index (κ3) is 2.64. The Morgan fingerprint density at radius 2 is 1.94 bits per heavy atom. The van der Waals surface area contributed by atoms with E-state index < -0.39 is 5.97 Å². The summed E-state index contributed by atoms with van der Waals surface area (Å²) in [6.45, 7) is 13.6. The molecule has 0 saturated heterocycles. The van der Waals surface area contributed by atoms with E-state index in [-0.39, 0.29) is 11.0 Å². The van der Waals surface area contributed by atoms with Crippen LogP contribution in [-0.4, -0.2) is 11.1 Å². The van der Waals surface area contributed by atoms with Crippen molar-refractivity contribution in [3.8, 4) is 0 Å². The molecular formula is C15H18O2. The van der Waals surface area contributed by atoms with Crippen LogP contribution in [0.5, 0.6) is 0 Å². The van der Waals surface area contributed by atoms with Crippen LogP contribution in [-0.2, 0) is 10.2 Å². The Morgan fingerprint density at radius 3 is 2.35 bits per heavy atom. The number of benzene rings is 1. The molecule has 2 nitrogen and oxygen atoms in total. The molecule has 0 heterocycles. The molecule has 0 aliphatic heterocycles. The van der Waals surface area contributed by atoms with E-state index in [1.54, 1.807) is 12.1 Å². The lowest BCUT2D eigenvalue weighted by atomic mass is 9.79. The molecule has 0 radical (unpaired) electrons. The van der Waals surface area contributed by atoms with Crippen molar-refractivity contribution in [1.82, 2.24) is 0 Å². The molecule has 0 unspecified atom stereocenters. The Balaban J connectivity index is 3.56. The molecule has 1 N–H and O–H groups in total. The van der Waals surface area contributed by atoms with Gasteiger partial charge < -0.3 is 5.11 Å². The van der Waals surface area contributed by atoms with Crippen molar-refractivity contribution in [3.63, 3.8) is 0 Å². The van der Waals surface area contributed by atoms with Gasteiger partial charge in [0.25, 0.3) is 0 Å². The van der Waals surface area contributed by atoms with Crippen LogP contribution >= 0.6 is 0 Å². The van der Waals surface area contributed by atoms with Gasteiger partial charge in [-0.1, -0.05) is 58.2 Å². The fourth-order valence-electron chi connectivity index (χ4n) is 1.94. The Morgan fingerprint density at radius 1 is 1.35 bits per heavy atom. The highest BCUT2D eigenvalue weighted by atomic mass is 16.4. The quantitative estimate of drug-likeness (QED) is 0.803. The topological polar surface area (TPSA) is 37.3 Å². The van der Waals surface area contributed by atoms with Crippen molar-refractivity contribution in [3.05, 3.63) is 48.0 Å². The Bertz CT molecular complexity index is 476. The van der Waals surface area contributed by atoms with Crippen LogP contribution in [0.15, 0.2) is 31.4 Å². The summed E-state index contributed by atoms with van der Waals surface area (Å²) in [5.74, 6) is -0.989. The van der Waals surface area contributed by atoms with E-state index in [4.69, 9.17) is 5.11 Å². The van der Waals surface area contributed by atoms with Crippen LogP contribution in [0.3, 0.4) is 0 Å². The molecule has 0 aromatic heterocycles. The molecule has 0 fully saturated rings. The molecule has 0 atom stereocenters. The molecule has 0 bridgehead atoms. The molecule has 0 saturated carbocycles. The summed E-state index contributed by atoms with van der Waals surface area (Å²) in [5, 5.41) is 9.06. The van der Waals surface area contributed by atoms with E-state index in [2.05, 4.69) is 13.2 Å². The summed E-state index contributed by atoms with van der Waals surface area (Å²) in [5.41, 5.74) is 2.58. The van der Waals surface area contributed by atoms with E-state index >= 15 is 0 Å². The van der Waals surface area contributed by atoms with Gasteiger partial charge in [-0.15, -0.1) is 0 Å². The lowest BCUT2D eigenvalue weighted by Crippen LogP contribution is -2.17. The summed E-state index contributed by atoms with van der Waals surface area (Å²) in [4.78, 5) is 11.1. The Kier molecular flexibility index (Phi) is 3.56. The number of aliphatic carboxylic acids is 1. The number of hydrogen-bond donors (Lipinski definition) is 1. The van der Waals surface area contributed by atoms with Gasteiger partial charge in [-0.2, -0.15) is 0 Å². The summed E-state index contributed by atoms with van der Waals surface area (Å²) in [6.07, 6.45) is 1.75. The second kappa shape index (κ2) is 4.58. The maximum absolute atomic E-state index is 11.1. The third-order valence-corrected chi connectivity index (χ3v) is 2.65. The first-order chi connectivity index (χ1) is 7.79. The summed E-state index contributed by atoms with van der Waals surface area (Å²) >= 11 is 0. The average Bonchev–Trinajstić information content (AvgIpc) is 2.25. The first-order valence-corrected chi connectivity index (χ1v) is 5.47. The maximum Gasteiger partial charge on any atom is 0.335 e. The van der Waals surface area contributed by atoms with Gasteiger partial charge in [0.15, 0.2) is 0 Å². The molecule has 90 valence electrons. The van der Waals surface area contributed by atoms with Crippen molar-refractivity contribution < 1.29 is 9.90 Å². The fourth-order valence-corrected chi connectivity index (χ4v) is 1.94. The van der Waals surface area contributed by atoms with Crippen LogP contribution in [0, 0.1) is 0 Å². The van der Waals surface area contributed by atoms with Crippen LogP contribution in [0.1, 0.15) is 37.5 Å². The van der Waals surface area contributed by atoms with Crippen LogP contribution in [0.2, 0.25) is 0 Å². The largest absolute Gasteiger partial charge is 0.478 e. The number of carboxylic acid groups (broad SMARTS) is 1. The number of hydrogen-bond acceptors (Lipinski definition) is 1. The van der Waals surface area contributed by atoms with Crippen LogP contribution < -0.4 is 0 Å². The van der Waals surface area contributed by atoms with Crippen LogP contribution in [0.4, 0.5) is 0 Å². The minimum Gasteiger partial charge on any atom is -0.478 e. The van der Waals surface area contributed by atoms with Gasteiger partial charge in [-0.25, -0.2) is 4.79 Å². The molecule has 1 aromatic rings. The summed E-state index contributed by atoms with van der Waals surface area (Å²) < 4.78 is 0. The predicted molar refractivity (Wildman–Crippen MR) is 71.9 cm³/mol. The molecule has 1 rings (SSSR count). The molecule has 0 aliphatic rings. The SMILES string of the molecule is C=Cc1cccc(C(=C)C(=O)O)c1C(C)(C)C. The predicted octanol–water partition coefficient (Wildman–Crippen LogP) is 3.72. The molecule has 0 aliphatic carbocycles. The zero-order chi connectivity index (χ0) is 13.2. The number of carboxylic acids is 1. The molecule has 2 heteroatoms. The molecule has 0 spiro atoms. The Hall–Kier alpha value is -1.83. The molecular weight excluding hydrogens is 212 g/mol. The fraction of sp³-hybridized carbons (Fsp3) is 0.267. The smallest absolute Gasteiger partial charge is 0.335 e. The minimum atomic E-state index is -0.989. The normalized spacial score (nSPS) is 11.0. The lowest BCUT2D eigenvalue weighted by molar-refractivity contribution is -0.130. The maximum atomic E-state index is 11.1. The van der Waals surface area contributed by atoms with E-state index in [9.17, 15) is 4.79 Å². The van der Waals surface area contributed by atoms with Crippen molar-refractivity contribution in [1.29, 1.82) is 0 Å². The van der Waals surface area contributed by atoms with Gasteiger partial charge in [0, 0.05) is 0 Å². The van der Waals surface area contributed by atoms with Crippen LogP contribution in [0.25, 0.3) is 11.6 Å². The molecule has 1 aromatic carbocycles. The van der Waals surface area contributed by atoms with Crippen molar-refractivity contribution >= 4 is 17.6 Å². The van der Waals surface area contributed by atoms with E-state index in [0.29, 0.717) is 5.56 Å². The van der Waals surface area contributed by atoms with Gasteiger partial charge in [0.05, 0.1) is 5.57 Å². The lowest BCUT2D eigenvalue weighted by Gasteiger charge is -2.25. The second-order valence-corrected chi connectivity index (χ2v) is 5.01. The summed E-state index contributed by atoms with van der Waals surface area (Å²) in [7, 11) is 0. The number of rotatable bonds is 3.